The first-order valence-electron chi connectivity index (χ1n) is 33.0. The number of amides is 12. The molecule has 0 unspecified atom stereocenters. The molecule has 1 heterocycles. The van der Waals surface area contributed by atoms with Crippen LogP contribution in [0.15, 0.2) is 44.2 Å². The number of benzene rings is 1. The number of nitrogens with one attached hydrogen (secondary N) is 11. The van der Waals surface area contributed by atoms with Crippen molar-refractivity contribution in [2.45, 2.75) is 150 Å². The summed E-state index contributed by atoms with van der Waals surface area (Å²) in [6, 6.07) is -13.5. The van der Waals surface area contributed by atoms with Crippen molar-refractivity contribution in [1.82, 2.24) is 63.4 Å². The van der Waals surface area contributed by atoms with Crippen LogP contribution in [0.4, 0.5) is 0 Å². The van der Waals surface area contributed by atoms with Gasteiger partial charge in [0.1, 0.15) is 78.3 Å². The normalized spacial score (nSPS) is 15.4. The van der Waals surface area contributed by atoms with Gasteiger partial charge in [0.25, 0.3) is 0 Å². The lowest BCUT2D eigenvalue weighted by atomic mass is 10.0. The Morgan fingerprint density at radius 2 is 0.764 bits per heavy atom. The quantitative estimate of drug-likeness (QED) is 0.0125. The summed E-state index contributed by atoms with van der Waals surface area (Å²) >= 11 is 16.6. The van der Waals surface area contributed by atoms with Gasteiger partial charge in [-0.05, 0) is 81.9 Å². The van der Waals surface area contributed by atoms with Crippen LogP contribution < -0.4 is 110 Å². The van der Waals surface area contributed by atoms with Crippen molar-refractivity contribution in [3.05, 3.63) is 29.8 Å². The monoisotopic (exact) mass is 1570 g/mol. The third-order valence-corrected chi connectivity index (χ3v) is 16.9. The number of hydrogen-bond donors (Lipinski definition) is 28. The number of nitrogens with two attached hydrogens (primary N) is 9. The number of aromatic hydroxyl groups is 1. The second-order valence-electron chi connectivity index (χ2n) is 23.6. The number of phenols is 1. The van der Waals surface area contributed by atoms with Crippen molar-refractivity contribution in [1.29, 1.82) is 0 Å². The Bertz CT molecular complexity index is 3290. The lowest BCUT2D eigenvalue weighted by molar-refractivity contribution is -0.146. The van der Waals surface area contributed by atoms with E-state index in [1.54, 1.807) is 0 Å². The Morgan fingerprint density at radius 1 is 0.443 bits per heavy atom. The Balaban J connectivity index is 2.55. The Morgan fingerprint density at radius 3 is 1.13 bits per heavy atom. The maximum absolute atomic E-state index is 14.7. The second kappa shape index (κ2) is 48.9. The molecule has 0 saturated carbocycles. The van der Waals surface area contributed by atoms with Crippen LogP contribution >= 0.6 is 50.5 Å². The molecule has 1 aliphatic rings. The number of rotatable bonds is 49. The molecule has 1 saturated heterocycles. The number of likely N-dealkylation sites (tertiary alicyclic amines) is 1. The zero-order valence-corrected chi connectivity index (χ0v) is 61.3. The van der Waals surface area contributed by atoms with E-state index >= 15 is 0 Å². The maximum Gasteiger partial charge on any atom is 0.326 e. The van der Waals surface area contributed by atoms with E-state index in [1.807, 2.05) is 0 Å². The van der Waals surface area contributed by atoms with E-state index in [9.17, 15) is 87.5 Å². The molecule has 33 N–H and O–H groups in total. The van der Waals surface area contributed by atoms with E-state index in [4.69, 9.17) is 51.6 Å². The minimum absolute atomic E-state index is 0.00602. The molecule has 106 heavy (non-hydrogen) atoms. The van der Waals surface area contributed by atoms with Crippen LogP contribution in [0.3, 0.4) is 0 Å². The van der Waals surface area contributed by atoms with Gasteiger partial charge in [0.05, 0.1) is 19.6 Å². The zero-order valence-electron chi connectivity index (χ0n) is 57.7. The molecule has 1 aromatic rings. The van der Waals surface area contributed by atoms with Gasteiger partial charge in [-0.1, -0.05) is 12.1 Å². The number of nitrogens with zero attached hydrogens (tertiary/aromatic N) is 5. The number of carbonyl (C=O) groups excluding carboxylic acids is 12. The zero-order chi connectivity index (χ0) is 79.8. The van der Waals surface area contributed by atoms with Crippen molar-refractivity contribution in [2.24, 2.45) is 71.6 Å². The van der Waals surface area contributed by atoms with Crippen molar-refractivity contribution in [3.63, 3.8) is 0 Å². The van der Waals surface area contributed by atoms with E-state index in [1.165, 1.54) is 24.3 Å². The molecule has 0 bridgehead atoms. The molecule has 12 amide bonds. The second-order valence-corrected chi connectivity index (χ2v) is 25.1. The largest absolute Gasteiger partial charge is 0.508 e. The molecule has 1 fully saturated rings. The van der Waals surface area contributed by atoms with Gasteiger partial charge in [-0.15, -0.1) is 0 Å². The number of hydrogen-bond acceptors (Lipinski definition) is 25. The average Bonchev–Trinajstić information content (AvgIpc) is 1.58. The van der Waals surface area contributed by atoms with Crippen LogP contribution in [0.2, 0.25) is 0 Å². The maximum atomic E-state index is 14.7. The predicted octanol–water partition coefficient (Wildman–Crippen LogP) is -11.3. The molecule has 47 heteroatoms. The number of aliphatic hydroxyl groups excluding tert-OH is 1. The third-order valence-electron chi connectivity index (χ3n) is 15.4. The number of aliphatic hydroxyl groups is 1. The highest BCUT2D eigenvalue weighted by Gasteiger charge is 2.42. The number of aliphatic imine (C=N–C) groups is 4. The van der Waals surface area contributed by atoms with Gasteiger partial charge in [0.2, 0.25) is 70.9 Å². The Kier molecular flexibility index (Phi) is 42.5. The van der Waals surface area contributed by atoms with Crippen molar-refractivity contribution in [2.75, 3.05) is 68.9 Å². The molecular weight excluding hydrogens is 1480 g/mol. The molecule has 2 rings (SSSR count). The molecule has 43 nitrogen and oxygen atoms in total. The number of aliphatic carboxylic acids is 2. The number of carboxylic acid groups (broad SMARTS) is 2. The van der Waals surface area contributed by atoms with Gasteiger partial charge in [-0.3, -0.25) is 82.3 Å². The fourth-order valence-electron chi connectivity index (χ4n) is 9.98. The van der Waals surface area contributed by atoms with E-state index in [0.29, 0.717) is 5.56 Å². The van der Waals surface area contributed by atoms with Crippen LogP contribution in [-0.4, -0.2) is 273 Å². The van der Waals surface area contributed by atoms with Crippen LogP contribution in [-0.2, 0) is 73.5 Å². The first kappa shape index (κ1) is 92.1. The van der Waals surface area contributed by atoms with Gasteiger partial charge in [0, 0.05) is 62.2 Å². The smallest absolute Gasteiger partial charge is 0.326 e. The van der Waals surface area contributed by atoms with Gasteiger partial charge < -0.3 is 135 Å². The Labute approximate surface area is 630 Å². The summed E-state index contributed by atoms with van der Waals surface area (Å²) in [6.45, 7) is -2.02. The van der Waals surface area contributed by atoms with E-state index < -0.39 is 181 Å². The number of thiol groups is 4. The van der Waals surface area contributed by atoms with E-state index in [0.717, 1.165) is 4.90 Å². The summed E-state index contributed by atoms with van der Waals surface area (Å²) < 4.78 is 0. The Hall–Kier alpha value is -10.00. The first-order valence-corrected chi connectivity index (χ1v) is 35.5. The number of carboxylic acids is 2. The van der Waals surface area contributed by atoms with Crippen LogP contribution in [0.5, 0.6) is 5.75 Å². The minimum Gasteiger partial charge on any atom is -0.508 e. The molecule has 12 atom stereocenters. The summed E-state index contributed by atoms with van der Waals surface area (Å²) in [7, 11) is 0. The van der Waals surface area contributed by atoms with Gasteiger partial charge >= 0.3 is 11.9 Å². The summed E-state index contributed by atoms with van der Waals surface area (Å²) in [5.74, 6) is -18.0. The van der Waals surface area contributed by atoms with Crippen molar-refractivity contribution in [3.8, 4) is 5.75 Å². The van der Waals surface area contributed by atoms with Gasteiger partial charge in [0.15, 0.2) is 23.8 Å². The molecular formula is C59H99N25O18S4. The fourth-order valence-corrected chi connectivity index (χ4v) is 11.0. The average molecular weight is 1570 g/mol. The van der Waals surface area contributed by atoms with Crippen LogP contribution in [0.1, 0.15) is 76.2 Å². The van der Waals surface area contributed by atoms with Crippen molar-refractivity contribution < 1.29 is 87.5 Å². The highest BCUT2D eigenvalue weighted by atomic mass is 32.1. The summed E-state index contributed by atoms with van der Waals surface area (Å²) in [5.41, 5.74) is 49.6. The lowest BCUT2D eigenvalue weighted by Gasteiger charge is -2.30. The number of guanidine groups is 4. The van der Waals surface area contributed by atoms with E-state index in [2.05, 4.69) is 129 Å². The molecule has 0 radical (unpaired) electrons. The highest BCUT2D eigenvalue weighted by Crippen LogP contribution is 2.21. The SMILES string of the molecule is NCC(=O)N[C@@H](CS)C(=O)N[C@@H](CS)C(=O)N[C@@H](CO)C(=O)N[C@@H](CC(=O)O)C(=O)N1CCC[C@H]1C(=O)N[C@@H](CCCN=C(N)N)C(=O)N[C@@H](CS)C(=O)N[C@@H](CCCN=C(N)N)C(=O)N[C@@H](Cc1ccc(O)cc1)C(=O)N[C@@H](CCCN=C(N)N)C(=O)N[C@@H](CS)C(=O)N[C@@H](CCCN=C(N)N)C(=O)O. The molecule has 0 spiro atoms. The minimum atomic E-state index is -1.95. The first-order chi connectivity index (χ1) is 50.1. The fraction of sp³-hybridized carbons (Fsp3) is 0.593. The molecule has 1 aliphatic heterocycles. The molecule has 592 valence electrons. The molecule has 0 aliphatic carbocycles. The van der Waals surface area contributed by atoms with Gasteiger partial charge in [-0.25, -0.2) is 4.79 Å². The third kappa shape index (κ3) is 34.3. The standard InChI is InChI=1S/C59H99N25O18S4/c60-22-42(87)73-37(24-103)49(95)83-40(27-106)52(98)80-36(23-85)48(94)79-35(21-43(88)89)54(100)84-19-5-10-41(84)53(99)76-32(8-3-17-71-58(65)66)46(92)81-38(25-104)50(96)75-30(6-1-15-69-56(61)62)44(90)78-34(20-28-11-13-29(86)14-12-28)47(93)74-31(7-2-16-70-57(63)64)45(91)82-39(26-105)51(97)77-33(55(101)102)9-4-18-72-59(67)68/h11-14,30-41,85-86,103-106H,1-10,15-27,60H2,(H,73,87)(H,74,93)(H,75,96)(H,76,99)(H,77,97)(H,78,90)(H,79,94)(H,80,98)(H,81,92)(H,82,91)(H,83,95)(H,88,89)(H,101,102)(H4,61,62,69)(H4,63,64,70)(H4,65,66,71)(H4,67,68,72)/t30-,31-,32-,33-,34-,35-,36-,37-,38-,39-,40-,41-/m0/s1. The summed E-state index contributed by atoms with van der Waals surface area (Å²) in [5, 5.41) is 66.6. The van der Waals surface area contributed by atoms with E-state index in [-0.39, 0.29) is 150 Å². The number of carbonyl (C=O) groups is 14. The van der Waals surface area contributed by atoms with Crippen molar-refractivity contribution >= 4 is 157 Å². The molecule has 0 aromatic heterocycles. The van der Waals surface area contributed by atoms with Crippen LogP contribution in [0.25, 0.3) is 0 Å². The molecule has 1 aromatic carbocycles. The highest BCUT2D eigenvalue weighted by molar-refractivity contribution is 7.80. The topological polar surface area (TPSA) is 739 Å². The number of phenolic OH excluding ortho intramolecular Hbond substituents is 1. The predicted molar refractivity (Wildman–Crippen MR) is 399 cm³/mol. The summed E-state index contributed by atoms with van der Waals surface area (Å²) in [6.07, 6.45) is -2.08. The lowest BCUT2D eigenvalue weighted by Crippen LogP contribution is -2.61. The van der Waals surface area contributed by atoms with Gasteiger partial charge in [-0.2, -0.15) is 50.5 Å². The summed E-state index contributed by atoms with van der Waals surface area (Å²) in [4.78, 5) is 207. The van der Waals surface area contributed by atoms with Crippen LogP contribution in [0, 0.1) is 0 Å².